The highest BCUT2D eigenvalue weighted by Crippen LogP contribution is 2.31. The molecule has 1 aromatic heterocycles. The standard InChI is InChI=1S/C26H34FN5O12S/c1-16(2)24-22(25(17-5-7-18(27)8-6-17)29-26(28-24)30(3)45(4,40)41)10-9-19(33)13-20(34)14-23(35)42-15-21(44-32(38)39)11-12-43-31(36)37/h5-10,16,19-21,33-34H,11-15H2,1-4H3/b10-9+/t19-,20-,21?/m1/s1. The van der Waals surface area contributed by atoms with Gasteiger partial charge in [-0.1, -0.05) is 26.0 Å². The van der Waals surface area contributed by atoms with Crippen molar-refractivity contribution in [3.05, 3.63) is 67.6 Å². The summed E-state index contributed by atoms with van der Waals surface area (Å²) >= 11 is 0. The first-order valence-electron chi connectivity index (χ1n) is 13.4. The lowest BCUT2D eigenvalue weighted by Gasteiger charge is -2.20. The van der Waals surface area contributed by atoms with E-state index in [0.29, 0.717) is 16.8 Å². The van der Waals surface area contributed by atoms with Gasteiger partial charge in [0.15, 0.2) is 0 Å². The van der Waals surface area contributed by atoms with Crippen molar-refractivity contribution >= 4 is 28.0 Å². The zero-order valence-corrected chi connectivity index (χ0v) is 25.6. The number of esters is 1. The van der Waals surface area contributed by atoms with E-state index < -0.39 is 69.9 Å². The molecule has 2 N–H and O–H groups in total. The molecule has 2 rings (SSSR count). The molecule has 0 fully saturated rings. The number of ether oxygens (including phenoxy) is 1. The van der Waals surface area contributed by atoms with Gasteiger partial charge in [-0.05, 0) is 30.2 Å². The van der Waals surface area contributed by atoms with E-state index in [1.165, 1.54) is 43.5 Å². The highest BCUT2D eigenvalue weighted by atomic mass is 32.2. The van der Waals surface area contributed by atoms with Crippen LogP contribution in [0.4, 0.5) is 10.3 Å². The van der Waals surface area contributed by atoms with Gasteiger partial charge in [-0.25, -0.2) is 27.1 Å². The molecule has 0 aliphatic rings. The van der Waals surface area contributed by atoms with Gasteiger partial charge in [-0.2, -0.15) is 0 Å². The molecular formula is C26H34FN5O12S. The van der Waals surface area contributed by atoms with Gasteiger partial charge < -0.3 is 24.6 Å². The highest BCUT2D eigenvalue weighted by molar-refractivity contribution is 7.92. The monoisotopic (exact) mass is 659 g/mol. The van der Waals surface area contributed by atoms with Gasteiger partial charge in [0, 0.05) is 31.0 Å². The Morgan fingerprint density at radius 3 is 2.33 bits per heavy atom. The first kappa shape index (κ1) is 36.7. The molecule has 1 heterocycles. The molecule has 0 saturated carbocycles. The summed E-state index contributed by atoms with van der Waals surface area (Å²) in [5.41, 5.74) is 1.50. The molecule has 0 saturated heterocycles. The predicted molar refractivity (Wildman–Crippen MR) is 155 cm³/mol. The molecule has 0 amide bonds. The number of hydrogen-bond donors (Lipinski definition) is 2. The molecule has 0 radical (unpaired) electrons. The smallest absolute Gasteiger partial charge is 0.308 e. The Hall–Kier alpha value is -4.49. The predicted octanol–water partition coefficient (Wildman–Crippen LogP) is 2.04. The highest BCUT2D eigenvalue weighted by Gasteiger charge is 2.23. The van der Waals surface area contributed by atoms with Gasteiger partial charge >= 0.3 is 5.97 Å². The topological polar surface area (TPSA) is 235 Å². The van der Waals surface area contributed by atoms with E-state index in [1.807, 2.05) is 0 Å². The van der Waals surface area contributed by atoms with E-state index in [4.69, 9.17) is 4.74 Å². The molecule has 248 valence electrons. The van der Waals surface area contributed by atoms with Crippen molar-refractivity contribution in [2.24, 2.45) is 0 Å². The lowest BCUT2D eigenvalue weighted by atomic mass is 9.97. The summed E-state index contributed by atoms with van der Waals surface area (Å²) in [6.45, 7) is 2.42. The Morgan fingerprint density at radius 2 is 1.78 bits per heavy atom. The Kier molecular flexibility index (Phi) is 13.5. The Bertz CT molecular complexity index is 1470. The van der Waals surface area contributed by atoms with Gasteiger partial charge in [-0.3, -0.25) is 4.79 Å². The molecule has 2 aromatic rings. The van der Waals surface area contributed by atoms with E-state index in [-0.39, 0.29) is 30.4 Å². The van der Waals surface area contributed by atoms with Crippen LogP contribution in [0.2, 0.25) is 0 Å². The number of carbonyl (C=O) groups excluding carboxylic acids is 1. The third-order valence-corrected chi connectivity index (χ3v) is 7.27. The lowest BCUT2D eigenvalue weighted by Crippen LogP contribution is -2.28. The summed E-state index contributed by atoms with van der Waals surface area (Å²) < 4.78 is 43.8. The maximum Gasteiger partial charge on any atom is 0.308 e. The van der Waals surface area contributed by atoms with Crippen molar-refractivity contribution < 1.29 is 52.4 Å². The van der Waals surface area contributed by atoms with Gasteiger partial charge in [-0.15, -0.1) is 20.2 Å². The summed E-state index contributed by atoms with van der Waals surface area (Å²) in [5, 5.41) is 39.5. The maximum absolute atomic E-state index is 13.7. The normalized spacial score (nSPS) is 13.7. The van der Waals surface area contributed by atoms with Gasteiger partial charge in [0.25, 0.3) is 10.2 Å². The number of nitrogens with zero attached hydrogens (tertiary/aromatic N) is 5. The van der Waals surface area contributed by atoms with Crippen LogP contribution in [-0.4, -0.2) is 89.6 Å². The zero-order chi connectivity index (χ0) is 33.9. The minimum Gasteiger partial charge on any atom is -0.463 e. The van der Waals surface area contributed by atoms with Crippen molar-refractivity contribution in [1.29, 1.82) is 0 Å². The number of aromatic nitrogens is 2. The SMILES string of the molecule is CC(C)c1nc(N(C)S(C)(=O)=O)nc(-c2ccc(F)cc2)c1/C=C/[C@@H](O)C[C@@H](O)CC(=O)OCC(CCO[N+](=O)[O-])O[N+](=O)[O-]. The minimum absolute atomic E-state index is 0.122. The van der Waals surface area contributed by atoms with E-state index in [2.05, 4.69) is 19.6 Å². The zero-order valence-electron chi connectivity index (χ0n) is 24.8. The van der Waals surface area contributed by atoms with E-state index in [0.717, 1.165) is 10.6 Å². The van der Waals surface area contributed by atoms with Crippen molar-refractivity contribution in [2.45, 2.75) is 57.3 Å². The fourth-order valence-electron chi connectivity index (χ4n) is 3.83. The van der Waals surface area contributed by atoms with E-state index in [1.54, 1.807) is 13.8 Å². The number of rotatable bonds is 18. The van der Waals surface area contributed by atoms with Crippen LogP contribution in [0, 0.1) is 26.0 Å². The molecule has 0 spiro atoms. The molecule has 3 atom stereocenters. The first-order valence-corrected chi connectivity index (χ1v) is 15.2. The van der Waals surface area contributed by atoms with Crippen molar-refractivity contribution in [2.75, 3.05) is 30.8 Å². The maximum atomic E-state index is 13.7. The third kappa shape index (κ3) is 12.2. The number of anilines is 1. The summed E-state index contributed by atoms with van der Waals surface area (Å²) in [5.74, 6) is -1.87. The molecule has 19 heteroatoms. The Balaban J connectivity index is 2.20. The number of aliphatic hydroxyl groups is 2. The van der Waals surface area contributed by atoms with Crippen molar-refractivity contribution in [1.82, 2.24) is 9.97 Å². The van der Waals surface area contributed by atoms with Crippen LogP contribution in [0.15, 0.2) is 30.3 Å². The number of hydrogen-bond acceptors (Lipinski definition) is 14. The fourth-order valence-corrected chi connectivity index (χ4v) is 4.21. The molecule has 1 aromatic carbocycles. The van der Waals surface area contributed by atoms with Crippen LogP contribution in [0.5, 0.6) is 0 Å². The fraction of sp³-hybridized carbons (Fsp3) is 0.500. The summed E-state index contributed by atoms with van der Waals surface area (Å²) in [4.78, 5) is 50.2. The molecular weight excluding hydrogens is 625 g/mol. The van der Waals surface area contributed by atoms with Crippen molar-refractivity contribution in [3.63, 3.8) is 0 Å². The third-order valence-electron chi connectivity index (χ3n) is 6.11. The van der Waals surface area contributed by atoms with Crippen LogP contribution < -0.4 is 4.31 Å². The van der Waals surface area contributed by atoms with Gasteiger partial charge in [0.05, 0.1) is 42.9 Å². The number of benzene rings is 1. The molecule has 1 unspecified atom stereocenters. The molecule has 0 aliphatic heterocycles. The summed E-state index contributed by atoms with van der Waals surface area (Å²) in [7, 11) is -2.44. The van der Waals surface area contributed by atoms with E-state index >= 15 is 0 Å². The first-order chi connectivity index (χ1) is 21.0. The molecule has 17 nitrogen and oxygen atoms in total. The largest absolute Gasteiger partial charge is 0.463 e. The number of halogens is 1. The Labute approximate surface area is 257 Å². The molecule has 45 heavy (non-hydrogen) atoms. The van der Waals surface area contributed by atoms with Gasteiger partial charge in [0.1, 0.15) is 18.5 Å². The lowest BCUT2D eigenvalue weighted by molar-refractivity contribution is -0.774. The summed E-state index contributed by atoms with van der Waals surface area (Å²) in [6, 6.07) is 5.31. The average Bonchev–Trinajstić information content (AvgIpc) is 2.93. The number of sulfonamides is 1. The van der Waals surface area contributed by atoms with Crippen LogP contribution in [-0.2, 0) is 29.2 Å². The average molecular weight is 660 g/mol. The second-order valence-corrected chi connectivity index (χ2v) is 12.1. The van der Waals surface area contributed by atoms with Crippen LogP contribution in [0.1, 0.15) is 50.3 Å². The summed E-state index contributed by atoms with van der Waals surface area (Å²) in [6.07, 6.45) is -1.58. The van der Waals surface area contributed by atoms with Crippen molar-refractivity contribution in [3.8, 4) is 11.3 Å². The minimum atomic E-state index is -3.73. The van der Waals surface area contributed by atoms with Crippen LogP contribution in [0.3, 0.4) is 0 Å². The van der Waals surface area contributed by atoms with Crippen LogP contribution in [0.25, 0.3) is 17.3 Å². The number of aliphatic hydroxyl groups excluding tert-OH is 2. The van der Waals surface area contributed by atoms with Crippen LogP contribution >= 0.6 is 0 Å². The second-order valence-electron chi connectivity index (χ2n) is 10.1. The number of carbonyl (C=O) groups is 1. The second kappa shape index (κ2) is 16.5. The van der Waals surface area contributed by atoms with Gasteiger partial charge in [0.2, 0.25) is 16.0 Å². The quantitative estimate of drug-likeness (QED) is 0.132. The Morgan fingerprint density at radius 1 is 1.13 bits per heavy atom. The van der Waals surface area contributed by atoms with E-state index in [9.17, 15) is 48.0 Å². The molecule has 0 bridgehead atoms. The molecule has 0 aliphatic carbocycles.